The molecule has 2 aliphatic rings. The van der Waals surface area contributed by atoms with Crippen LogP contribution in [-0.4, -0.2) is 58.4 Å². The third kappa shape index (κ3) is 3.78. The third-order valence-electron chi connectivity index (χ3n) is 5.14. The third-order valence-corrected chi connectivity index (χ3v) is 5.14. The van der Waals surface area contributed by atoms with Gasteiger partial charge in [-0.05, 0) is 30.9 Å². The van der Waals surface area contributed by atoms with Crippen molar-refractivity contribution in [3.05, 3.63) is 41.3 Å². The van der Waals surface area contributed by atoms with Crippen LogP contribution in [0.3, 0.4) is 0 Å². The number of hydrogen-bond donors (Lipinski definition) is 1. The van der Waals surface area contributed by atoms with Gasteiger partial charge in [0.1, 0.15) is 17.6 Å². The molecule has 0 radical (unpaired) electrons. The molecule has 1 saturated heterocycles. The number of aromatic nitrogens is 3. The quantitative estimate of drug-likeness (QED) is 0.876. The summed E-state index contributed by atoms with van der Waals surface area (Å²) in [6.45, 7) is 4.01. The SMILES string of the molecule is N#Cc1cccc(NC[C@H]2CCn3ncc(C(=O)N4CCOCC4)c3C2)n1. The fraction of sp³-hybridized carbons (Fsp3) is 0.474. The van der Waals surface area contributed by atoms with E-state index in [9.17, 15) is 4.79 Å². The molecule has 1 amide bonds. The van der Waals surface area contributed by atoms with E-state index in [1.54, 1.807) is 12.3 Å². The molecule has 27 heavy (non-hydrogen) atoms. The van der Waals surface area contributed by atoms with E-state index in [0.717, 1.165) is 31.6 Å². The summed E-state index contributed by atoms with van der Waals surface area (Å²) < 4.78 is 7.30. The zero-order valence-electron chi connectivity index (χ0n) is 15.1. The van der Waals surface area contributed by atoms with Crippen molar-refractivity contribution >= 4 is 11.7 Å². The molecule has 0 bridgehead atoms. The molecular weight excluding hydrogens is 344 g/mol. The summed E-state index contributed by atoms with van der Waals surface area (Å²) in [4.78, 5) is 19.0. The van der Waals surface area contributed by atoms with Crippen LogP contribution in [0.5, 0.6) is 0 Å². The predicted octanol–water partition coefficient (Wildman–Crippen LogP) is 1.30. The molecule has 8 heteroatoms. The number of rotatable bonds is 4. The molecule has 0 unspecified atom stereocenters. The molecule has 140 valence electrons. The number of pyridine rings is 1. The normalized spacial score (nSPS) is 19.2. The Morgan fingerprint density at radius 1 is 1.33 bits per heavy atom. The molecule has 1 atom stereocenters. The Morgan fingerprint density at radius 2 is 2.19 bits per heavy atom. The molecule has 4 rings (SSSR count). The first-order valence-corrected chi connectivity index (χ1v) is 9.27. The lowest BCUT2D eigenvalue weighted by molar-refractivity contribution is 0.0301. The molecule has 2 aliphatic heterocycles. The van der Waals surface area contributed by atoms with Gasteiger partial charge < -0.3 is 15.0 Å². The van der Waals surface area contributed by atoms with E-state index >= 15 is 0 Å². The number of nitrogens with zero attached hydrogens (tertiary/aromatic N) is 5. The highest BCUT2D eigenvalue weighted by atomic mass is 16.5. The molecule has 1 fully saturated rings. The first-order chi connectivity index (χ1) is 13.2. The summed E-state index contributed by atoms with van der Waals surface area (Å²) in [5, 5.41) is 16.7. The number of anilines is 1. The van der Waals surface area contributed by atoms with Crippen LogP contribution in [0.1, 0.15) is 28.2 Å². The van der Waals surface area contributed by atoms with E-state index in [-0.39, 0.29) is 5.91 Å². The van der Waals surface area contributed by atoms with Crippen LogP contribution in [-0.2, 0) is 17.7 Å². The van der Waals surface area contributed by atoms with Crippen LogP contribution in [0.25, 0.3) is 0 Å². The van der Waals surface area contributed by atoms with Crippen LogP contribution in [0.2, 0.25) is 0 Å². The maximum Gasteiger partial charge on any atom is 0.257 e. The first kappa shape index (κ1) is 17.5. The van der Waals surface area contributed by atoms with Crippen molar-refractivity contribution in [1.29, 1.82) is 5.26 Å². The summed E-state index contributed by atoms with van der Waals surface area (Å²) in [7, 11) is 0. The lowest BCUT2D eigenvalue weighted by Gasteiger charge is -2.28. The number of nitriles is 1. The number of hydrogen-bond acceptors (Lipinski definition) is 6. The Hall–Kier alpha value is -2.92. The average molecular weight is 366 g/mol. The summed E-state index contributed by atoms with van der Waals surface area (Å²) >= 11 is 0. The number of amides is 1. The number of fused-ring (bicyclic) bond motifs is 1. The Labute approximate surface area is 157 Å². The predicted molar refractivity (Wildman–Crippen MR) is 98.2 cm³/mol. The molecule has 0 spiro atoms. The number of nitrogens with one attached hydrogen (secondary N) is 1. The second kappa shape index (κ2) is 7.76. The van der Waals surface area contributed by atoms with Gasteiger partial charge in [-0.1, -0.05) is 6.07 Å². The maximum absolute atomic E-state index is 12.9. The lowest BCUT2D eigenvalue weighted by Crippen LogP contribution is -2.41. The maximum atomic E-state index is 12.9. The highest BCUT2D eigenvalue weighted by molar-refractivity contribution is 5.95. The summed E-state index contributed by atoms with van der Waals surface area (Å²) in [5.41, 5.74) is 2.13. The number of carbonyl (C=O) groups is 1. The number of aryl methyl sites for hydroxylation is 1. The standard InChI is InChI=1S/C19H22N6O2/c20-11-15-2-1-3-18(23-15)21-12-14-4-5-25-17(10-14)16(13-22-25)19(26)24-6-8-27-9-7-24/h1-3,13-14H,4-10,12H2,(H,21,23)/t14-/m0/s1. The second-order valence-electron chi connectivity index (χ2n) is 6.89. The smallest absolute Gasteiger partial charge is 0.257 e. The van der Waals surface area contributed by atoms with Gasteiger partial charge in [-0.3, -0.25) is 9.48 Å². The largest absolute Gasteiger partial charge is 0.378 e. The van der Waals surface area contributed by atoms with Gasteiger partial charge in [-0.2, -0.15) is 10.4 Å². The topological polar surface area (TPSA) is 96.1 Å². The highest BCUT2D eigenvalue weighted by Crippen LogP contribution is 2.24. The summed E-state index contributed by atoms with van der Waals surface area (Å²) in [6.07, 6.45) is 3.50. The summed E-state index contributed by atoms with van der Waals surface area (Å²) in [6, 6.07) is 7.43. The Morgan fingerprint density at radius 3 is 3.00 bits per heavy atom. The van der Waals surface area contributed by atoms with Crippen molar-refractivity contribution in [2.45, 2.75) is 19.4 Å². The van der Waals surface area contributed by atoms with Gasteiger partial charge >= 0.3 is 0 Å². The van der Waals surface area contributed by atoms with Crippen molar-refractivity contribution in [2.75, 3.05) is 38.2 Å². The second-order valence-corrected chi connectivity index (χ2v) is 6.89. The monoisotopic (exact) mass is 366 g/mol. The fourth-order valence-corrected chi connectivity index (χ4v) is 3.63. The number of ether oxygens (including phenoxy) is 1. The van der Waals surface area contributed by atoms with Crippen molar-refractivity contribution in [1.82, 2.24) is 19.7 Å². The first-order valence-electron chi connectivity index (χ1n) is 9.27. The molecule has 0 aromatic carbocycles. The number of carbonyl (C=O) groups excluding carboxylic acids is 1. The van der Waals surface area contributed by atoms with Gasteiger partial charge in [0.15, 0.2) is 0 Å². The Balaban J connectivity index is 1.42. The van der Waals surface area contributed by atoms with Crippen LogP contribution < -0.4 is 5.32 Å². The average Bonchev–Trinajstić information content (AvgIpc) is 3.15. The molecular formula is C19H22N6O2. The van der Waals surface area contributed by atoms with E-state index < -0.39 is 0 Å². The van der Waals surface area contributed by atoms with Crippen LogP contribution in [0, 0.1) is 17.2 Å². The zero-order chi connectivity index (χ0) is 18.6. The van der Waals surface area contributed by atoms with Gasteiger partial charge in [0.25, 0.3) is 5.91 Å². The van der Waals surface area contributed by atoms with Gasteiger partial charge in [0.05, 0.1) is 30.7 Å². The Bertz CT molecular complexity index is 865. The molecule has 4 heterocycles. The zero-order valence-corrected chi connectivity index (χ0v) is 15.1. The van der Waals surface area contributed by atoms with Gasteiger partial charge in [0, 0.05) is 26.2 Å². The van der Waals surface area contributed by atoms with Gasteiger partial charge in [-0.15, -0.1) is 0 Å². The van der Waals surface area contributed by atoms with E-state index in [1.807, 2.05) is 21.7 Å². The molecule has 2 aromatic rings. The van der Waals surface area contributed by atoms with Crippen molar-refractivity contribution in [3.8, 4) is 6.07 Å². The van der Waals surface area contributed by atoms with Crippen molar-refractivity contribution in [2.24, 2.45) is 5.92 Å². The van der Waals surface area contributed by atoms with E-state index in [1.165, 1.54) is 0 Å². The minimum absolute atomic E-state index is 0.0524. The van der Waals surface area contributed by atoms with E-state index in [0.29, 0.717) is 49.3 Å². The minimum atomic E-state index is 0.0524. The minimum Gasteiger partial charge on any atom is -0.378 e. The van der Waals surface area contributed by atoms with Gasteiger partial charge in [0.2, 0.25) is 0 Å². The van der Waals surface area contributed by atoms with Crippen LogP contribution >= 0.6 is 0 Å². The highest BCUT2D eigenvalue weighted by Gasteiger charge is 2.28. The van der Waals surface area contributed by atoms with E-state index in [2.05, 4.69) is 21.5 Å². The van der Waals surface area contributed by atoms with Crippen LogP contribution in [0.4, 0.5) is 5.82 Å². The van der Waals surface area contributed by atoms with Crippen LogP contribution in [0.15, 0.2) is 24.4 Å². The number of morpholine rings is 1. The Kier molecular flexibility index (Phi) is 5.03. The van der Waals surface area contributed by atoms with Crippen molar-refractivity contribution < 1.29 is 9.53 Å². The molecule has 1 N–H and O–H groups in total. The lowest BCUT2D eigenvalue weighted by atomic mass is 9.94. The molecule has 0 saturated carbocycles. The molecule has 8 nitrogen and oxygen atoms in total. The fourth-order valence-electron chi connectivity index (χ4n) is 3.63. The van der Waals surface area contributed by atoms with Gasteiger partial charge in [-0.25, -0.2) is 4.98 Å². The summed E-state index contributed by atoms with van der Waals surface area (Å²) in [5.74, 6) is 1.15. The van der Waals surface area contributed by atoms with Crippen molar-refractivity contribution in [3.63, 3.8) is 0 Å². The van der Waals surface area contributed by atoms with E-state index in [4.69, 9.17) is 10.00 Å². The molecule has 2 aromatic heterocycles. The molecule has 0 aliphatic carbocycles.